The van der Waals surface area contributed by atoms with E-state index in [0.29, 0.717) is 23.3 Å². The van der Waals surface area contributed by atoms with Gasteiger partial charge in [-0.15, -0.1) is 0 Å². The molecule has 0 aliphatic carbocycles. The van der Waals surface area contributed by atoms with Crippen LogP contribution >= 0.6 is 0 Å². The van der Waals surface area contributed by atoms with Crippen molar-refractivity contribution in [2.24, 2.45) is 0 Å². The Morgan fingerprint density at radius 2 is 1.76 bits per heavy atom. The maximum absolute atomic E-state index is 13.7. The molecule has 1 aliphatic rings. The molecule has 0 radical (unpaired) electrons. The number of phenols is 3. The molecule has 0 amide bonds. The van der Waals surface area contributed by atoms with Crippen LogP contribution in [0.25, 0.3) is 22.3 Å². The normalized spacial score (nSPS) is 14.2. The van der Waals surface area contributed by atoms with Crippen LogP contribution in [-0.2, 0) is 6.42 Å². The van der Waals surface area contributed by atoms with E-state index in [0.717, 1.165) is 17.2 Å². The van der Waals surface area contributed by atoms with Crippen molar-refractivity contribution < 1.29 is 29.2 Å². The van der Waals surface area contributed by atoms with Gasteiger partial charge in [-0.3, -0.25) is 4.79 Å². The van der Waals surface area contributed by atoms with Gasteiger partial charge in [0.1, 0.15) is 40.1 Å². The van der Waals surface area contributed by atoms with E-state index in [4.69, 9.17) is 13.9 Å². The lowest BCUT2D eigenvalue weighted by molar-refractivity contribution is 0.242. The van der Waals surface area contributed by atoms with E-state index in [-0.39, 0.29) is 45.3 Å². The first-order valence-electron chi connectivity index (χ1n) is 10.5. The van der Waals surface area contributed by atoms with Gasteiger partial charge in [0.15, 0.2) is 11.5 Å². The van der Waals surface area contributed by atoms with Gasteiger partial charge < -0.3 is 29.2 Å². The highest BCUT2D eigenvalue weighted by atomic mass is 16.5. The van der Waals surface area contributed by atoms with Gasteiger partial charge in [-0.25, -0.2) is 0 Å². The SMILES string of the molecule is COc1cc2c(cc1O)OC(C=C(C)C)c1c-2oc2c(CC=C(C)C)c(O)cc(O)c2c1=O. The minimum atomic E-state index is -0.791. The van der Waals surface area contributed by atoms with Crippen molar-refractivity contribution in [2.75, 3.05) is 7.11 Å². The Bertz CT molecular complexity index is 1380. The van der Waals surface area contributed by atoms with Crippen LogP contribution in [0.2, 0.25) is 0 Å². The summed E-state index contributed by atoms with van der Waals surface area (Å²) in [5, 5.41) is 31.4. The molecule has 0 spiro atoms. The van der Waals surface area contributed by atoms with Crippen molar-refractivity contribution in [3.05, 3.63) is 62.8 Å². The molecule has 4 rings (SSSR count). The topological polar surface area (TPSA) is 109 Å². The maximum atomic E-state index is 13.7. The number of hydrogen-bond acceptors (Lipinski definition) is 7. The van der Waals surface area contributed by atoms with Crippen molar-refractivity contribution in [1.29, 1.82) is 0 Å². The molecule has 2 aromatic carbocycles. The monoisotopic (exact) mass is 450 g/mol. The minimum Gasteiger partial charge on any atom is -0.507 e. The van der Waals surface area contributed by atoms with Crippen molar-refractivity contribution in [1.82, 2.24) is 0 Å². The molecule has 3 N–H and O–H groups in total. The van der Waals surface area contributed by atoms with Crippen LogP contribution in [-0.4, -0.2) is 22.4 Å². The van der Waals surface area contributed by atoms with Crippen LogP contribution in [0.4, 0.5) is 0 Å². The Balaban J connectivity index is 2.15. The number of allylic oxidation sites excluding steroid dienone is 3. The molecule has 172 valence electrons. The Kier molecular flexibility index (Phi) is 5.57. The second-order valence-corrected chi connectivity index (χ2v) is 8.56. The molecule has 33 heavy (non-hydrogen) atoms. The molecule has 1 unspecified atom stereocenters. The first-order chi connectivity index (χ1) is 15.6. The number of aromatic hydroxyl groups is 3. The van der Waals surface area contributed by atoms with Crippen LogP contribution in [0.15, 0.2) is 50.7 Å². The van der Waals surface area contributed by atoms with Gasteiger partial charge in [-0.2, -0.15) is 0 Å². The van der Waals surface area contributed by atoms with Crippen molar-refractivity contribution >= 4 is 11.0 Å². The molecule has 7 nitrogen and oxygen atoms in total. The summed E-state index contributed by atoms with van der Waals surface area (Å²) in [7, 11) is 1.42. The van der Waals surface area contributed by atoms with E-state index in [1.54, 1.807) is 6.08 Å². The Morgan fingerprint density at radius 3 is 2.39 bits per heavy atom. The number of fused-ring (bicyclic) bond motifs is 4. The summed E-state index contributed by atoms with van der Waals surface area (Å²) >= 11 is 0. The summed E-state index contributed by atoms with van der Waals surface area (Å²) in [6.45, 7) is 7.60. The fourth-order valence-corrected chi connectivity index (χ4v) is 3.96. The van der Waals surface area contributed by atoms with E-state index in [2.05, 4.69) is 0 Å². The van der Waals surface area contributed by atoms with Gasteiger partial charge in [0, 0.05) is 17.7 Å². The van der Waals surface area contributed by atoms with Gasteiger partial charge >= 0.3 is 0 Å². The second-order valence-electron chi connectivity index (χ2n) is 8.56. The lowest BCUT2D eigenvalue weighted by atomic mass is 9.94. The van der Waals surface area contributed by atoms with E-state index in [9.17, 15) is 20.1 Å². The molecule has 0 bridgehead atoms. The number of hydrogen-bond donors (Lipinski definition) is 3. The lowest BCUT2D eigenvalue weighted by Gasteiger charge is -2.27. The number of benzene rings is 2. The summed E-state index contributed by atoms with van der Waals surface area (Å²) in [5.74, 6) is 0.0922. The minimum absolute atomic E-state index is 0.0198. The van der Waals surface area contributed by atoms with Gasteiger partial charge in [-0.1, -0.05) is 17.2 Å². The van der Waals surface area contributed by atoms with E-state index in [1.165, 1.54) is 19.2 Å². The molecule has 7 heteroatoms. The predicted octanol–water partition coefficient (Wildman–Crippen LogP) is 5.49. The molecule has 0 fully saturated rings. The summed E-state index contributed by atoms with van der Waals surface area (Å²) in [5.41, 5.74) is 2.61. The fourth-order valence-electron chi connectivity index (χ4n) is 3.96. The van der Waals surface area contributed by atoms with E-state index >= 15 is 0 Å². The van der Waals surface area contributed by atoms with Crippen LogP contribution < -0.4 is 14.9 Å². The van der Waals surface area contributed by atoms with Crippen LogP contribution in [0.5, 0.6) is 28.7 Å². The summed E-state index contributed by atoms with van der Waals surface area (Å²) in [6, 6.07) is 4.11. The number of ether oxygens (including phenoxy) is 2. The van der Waals surface area contributed by atoms with Crippen LogP contribution in [0, 0.1) is 0 Å². The maximum Gasteiger partial charge on any atom is 0.204 e. The summed E-state index contributed by atoms with van der Waals surface area (Å²) in [4.78, 5) is 13.7. The zero-order valence-corrected chi connectivity index (χ0v) is 19.1. The van der Waals surface area contributed by atoms with Crippen LogP contribution in [0.3, 0.4) is 0 Å². The average molecular weight is 450 g/mol. The van der Waals surface area contributed by atoms with Gasteiger partial charge in [0.25, 0.3) is 0 Å². The highest BCUT2D eigenvalue weighted by Gasteiger charge is 2.33. The fraction of sp³-hybridized carbons (Fsp3) is 0.269. The standard InChI is InChI=1S/C26H26O7/c1-12(2)6-7-14-16(27)10-18(29)22-24(30)23-21(8-13(3)4)32-19-11-17(28)20(31-5)9-15(19)26(23)33-25(14)22/h6,8-11,21,27-29H,7H2,1-5H3. The molecule has 2 heterocycles. The number of methoxy groups -OCH3 is 1. The van der Waals surface area contributed by atoms with E-state index in [1.807, 2.05) is 33.8 Å². The Hall–Kier alpha value is -3.87. The number of rotatable bonds is 4. The lowest BCUT2D eigenvalue weighted by Crippen LogP contribution is -2.22. The molecular formula is C26H26O7. The first kappa shape index (κ1) is 22.3. The first-order valence-corrected chi connectivity index (χ1v) is 10.5. The molecule has 0 saturated heterocycles. The van der Waals surface area contributed by atoms with E-state index < -0.39 is 11.5 Å². The Morgan fingerprint density at radius 1 is 1.03 bits per heavy atom. The van der Waals surface area contributed by atoms with Gasteiger partial charge in [0.05, 0.1) is 18.2 Å². The smallest absolute Gasteiger partial charge is 0.204 e. The highest BCUT2D eigenvalue weighted by molar-refractivity contribution is 5.91. The largest absolute Gasteiger partial charge is 0.507 e. The Labute approximate surface area is 190 Å². The third-order valence-electron chi connectivity index (χ3n) is 5.52. The molecule has 1 aromatic heterocycles. The van der Waals surface area contributed by atoms with Crippen molar-refractivity contribution in [3.8, 4) is 40.1 Å². The third-order valence-corrected chi connectivity index (χ3v) is 5.52. The van der Waals surface area contributed by atoms with Gasteiger partial charge in [-0.05, 0) is 46.3 Å². The third kappa shape index (κ3) is 3.80. The van der Waals surface area contributed by atoms with Crippen molar-refractivity contribution in [2.45, 2.75) is 40.2 Å². The summed E-state index contributed by atoms with van der Waals surface area (Å²) in [6.07, 6.45) is 3.19. The van der Waals surface area contributed by atoms with Gasteiger partial charge in [0.2, 0.25) is 5.43 Å². The highest BCUT2D eigenvalue weighted by Crippen LogP contribution is 2.48. The number of phenolic OH excluding ortho intramolecular Hbond substituents is 3. The zero-order chi connectivity index (χ0) is 24.0. The molecule has 3 aromatic rings. The average Bonchev–Trinajstić information content (AvgIpc) is 2.72. The predicted molar refractivity (Wildman–Crippen MR) is 125 cm³/mol. The second kappa shape index (κ2) is 8.24. The molecular weight excluding hydrogens is 424 g/mol. The van der Waals surface area contributed by atoms with Crippen molar-refractivity contribution in [3.63, 3.8) is 0 Å². The molecule has 1 aliphatic heterocycles. The van der Waals surface area contributed by atoms with Crippen LogP contribution in [0.1, 0.15) is 44.9 Å². The zero-order valence-electron chi connectivity index (χ0n) is 19.1. The summed E-state index contributed by atoms with van der Waals surface area (Å²) < 4.78 is 17.6. The molecule has 1 atom stereocenters. The quantitative estimate of drug-likeness (QED) is 0.451. The molecule has 0 saturated carbocycles.